The standard InChI is InChI=1S/C14H7BrCl2N2O2/c15-8-4-5-9(12(17)11(8)16)19-6-18-13-7(14(20)21)2-1-3-10(13)19/h1-6H,(H,20,21). The summed E-state index contributed by atoms with van der Waals surface area (Å²) in [4.78, 5) is 15.4. The number of imidazole rings is 1. The molecule has 3 rings (SSSR count). The molecule has 0 amide bonds. The lowest BCUT2D eigenvalue weighted by Gasteiger charge is -2.09. The second-order valence-electron chi connectivity index (χ2n) is 4.29. The Balaban J connectivity index is 2.30. The lowest BCUT2D eigenvalue weighted by atomic mass is 10.2. The molecule has 0 spiro atoms. The van der Waals surface area contributed by atoms with E-state index < -0.39 is 5.97 Å². The molecule has 0 atom stereocenters. The van der Waals surface area contributed by atoms with Gasteiger partial charge in [0.05, 0.1) is 26.8 Å². The molecular weight excluding hydrogens is 379 g/mol. The number of carboxylic acid groups (broad SMARTS) is 1. The van der Waals surface area contributed by atoms with Gasteiger partial charge in [-0.25, -0.2) is 9.78 Å². The maximum absolute atomic E-state index is 11.2. The summed E-state index contributed by atoms with van der Waals surface area (Å²) < 4.78 is 2.40. The minimum atomic E-state index is -1.02. The number of halogens is 3. The maximum Gasteiger partial charge on any atom is 0.337 e. The van der Waals surface area contributed by atoms with Crippen LogP contribution in [0.25, 0.3) is 16.7 Å². The lowest BCUT2D eigenvalue weighted by Crippen LogP contribution is -1.98. The summed E-state index contributed by atoms with van der Waals surface area (Å²) in [6, 6.07) is 8.51. The zero-order valence-electron chi connectivity index (χ0n) is 10.3. The van der Waals surface area contributed by atoms with Crippen molar-refractivity contribution in [1.82, 2.24) is 9.55 Å². The Morgan fingerprint density at radius 1 is 1.19 bits per heavy atom. The predicted octanol–water partition coefficient (Wildman–Crippen LogP) is 4.79. The molecule has 2 aromatic carbocycles. The van der Waals surface area contributed by atoms with Gasteiger partial charge in [0.2, 0.25) is 0 Å². The van der Waals surface area contributed by atoms with Gasteiger partial charge in [-0.3, -0.25) is 4.57 Å². The second-order valence-corrected chi connectivity index (χ2v) is 5.90. The Morgan fingerprint density at radius 3 is 2.67 bits per heavy atom. The van der Waals surface area contributed by atoms with Crippen LogP contribution < -0.4 is 0 Å². The molecule has 21 heavy (non-hydrogen) atoms. The fraction of sp³-hybridized carbons (Fsp3) is 0. The Bertz CT molecular complexity index is 877. The van der Waals surface area contributed by atoms with Crippen molar-refractivity contribution < 1.29 is 9.90 Å². The number of para-hydroxylation sites is 1. The van der Waals surface area contributed by atoms with Crippen molar-refractivity contribution in [2.75, 3.05) is 0 Å². The molecule has 4 nitrogen and oxygen atoms in total. The Morgan fingerprint density at radius 2 is 1.95 bits per heavy atom. The first-order valence-corrected chi connectivity index (χ1v) is 7.39. The average molecular weight is 386 g/mol. The number of carboxylic acids is 1. The first kappa shape index (κ1) is 14.4. The van der Waals surface area contributed by atoms with Gasteiger partial charge >= 0.3 is 5.97 Å². The summed E-state index contributed by atoms with van der Waals surface area (Å²) in [5, 5.41) is 9.96. The first-order valence-electron chi connectivity index (χ1n) is 5.84. The third kappa shape index (κ3) is 2.31. The molecule has 0 aliphatic carbocycles. The van der Waals surface area contributed by atoms with Crippen molar-refractivity contribution in [1.29, 1.82) is 0 Å². The normalized spacial score (nSPS) is 11.0. The van der Waals surface area contributed by atoms with Gasteiger partial charge in [-0.05, 0) is 40.2 Å². The van der Waals surface area contributed by atoms with Crippen LogP contribution in [0.5, 0.6) is 0 Å². The van der Waals surface area contributed by atoms with Gasteiger partial charge in [-0.2, -0.15) is 0 Å². The van der Waals surface area contributed by atoms with Crippen LogP contribution >= 0.6 is 39.1 Å². The Kier molecular flexibility index (Phi) is 3.65. The molecule has 0 saturated carbocycles. The van der Waals surface area contributed by atoms with E-state index in [4.69, 9.17) is 23.2 Å². The van der Waals surface area contributed by atoms with E-state index in [0.717, 1.165) is 0 Å². The van der Waals surface area contributed by atoms with Crippen molar-refractivity contribution >= 4 is 56.1 Å². The van der Waals surface area contributed by atoms with Crippen molar-refractivity contribution in [3.05, 3.63) is 56.7 Å². The van der Waals surface area contributed by atoms with Crippen LogP contribution in [0.1, 0.15) is 10.4 Å². The van der Waals surface area contributed by atoms with Crippen LogP contribution in [-0.4, -0.2) is 20.6 Å². The molecule has 0 fully saturated rings. The van der Waals surface area contributed by atoms with Crippen LogP contribution in [0.15, 0.2) is 41.1 Å². The molecule has 3 aromatic rings. The van der Waals surface area contributed by atoms with Gasteiger partial charge in [0.1, 0.15) is 11.8 Å². The average Bonchev–Trinajstić information content (AvgIpc) is 2.88. The van der Waals surface area contributed by atoms with Crippen molar-refractivity contribution in [2.24, 2.45) is 0 Å². The fourth-order valence-corrected chi connectivity index (χ4v) is 2.97. The Labute approximate surface area is 138 Å². The number of hydrogen-bond acceptors (Lipinski definition) is 2. The Hall–Kier alpha value is -1.56. The summed E-state index contributed by atoms with van der Waals surface area (Å²) in [5.41, 5.74) is 1.83. The van der Waals surface area contributed by atoms with Gasteiger partial charge in [-0.15, -0.1) is 0 Å². The summed E-state index contributed by atoms with van der Waals surface area (Å²) in [5.74, 6) is -1.02. The first-order chi connectivity index (χ1) is 10.0. The predicted molar refractivity (Wildman–Crippen MR) is 85.7 cm³/mol. The number of hydrogen-bond donors (Lipinski definition) is 1. The van der Waals surface area contributed by atoms with Gasteiger partial charge in [-0.1, -0.05) is 29.3 Å². The molecule has 0 saturated heterocycles. The number of aromatic carboxylic acids is 1. The monoisotopic (exact) mass is 384 g/mol. The van der Waals surface area contributed by atoms with E-state index in [1.165, 1.54) is 12.4 Å². The highest BCUT2D eigenvalue weighted by Crippen LogP contribution is 2.36. The quantitative estimate of drug-likeness (QED) is 0.645. The zero-order chi connectivity index (χ0) is 15.1. The van der Waals surface area contributed by atoms with E-state index in [0.29, 0.717) is 31.2 Å². The van der Waals surface area contributed by atoms with Crippen LogP contribution in [0.4, 0.5) is 0 Å². The van der Waals surface area contributed by atoms with Gasteiger partial charge in [0, 0.05) is 4.47 Å². The van der Waals surface area contributed by atoms with Crippen LogP contribution in [0.2, 0.25) is 10.0 Å². The van der Waals surface area contributed by atoms with E-state index in [2.05, 4.69) is 20.9 Å². The highest BCUT2D eigenvalue weighted by atomic mass is 79.9. The topological polar surface area (TPSA) is 55.1 Å². The van der Waals surface area contributed by atoms with Crippen LogP contribution in [0.3, 0.4) is 0 Å². The minimum absolute atomic E-state index is 0.144. The number of rotatable bonds is 2. The molecule has 0 bridgehead atoms. The molecule has 7 heteroatoms. The lowest BCUT2D eigenvalue weighted by molar-refractivity contribution is 0.0699. The van der Waals surface area contributed by atoms with E-state index in [1.807, 2.05) is 0 Å². The highest BCUT2D eigenvalue weighted by molar-refractivity contribution is 9.10. The van der Waals surface area contributed by atoms with E-state index in [-0.39, 0.29) is 5.56 Å². The molecule has 1 heterocycles. The SMILES string of the molecule is O=C(O)c1cccc2c1ncn2-c1ccc(Br)c(Cl)c1Cl. The molecule has 0 aliphatic heterocycles. The zero-order valence-corrected chi connectivity index (χ0v) is 13.4. The summed E-state index contributed by atoms with van der Waals surface area (Å²) in [7, 11) is 0. The fourth-order valence-electron chi connectivity index (χ4n) is 2.11. The number of nitrogens with zero attached hydrogens (tertiary/aromatic N) is 2. The third-order valence-corrected chi connectivity index (χ3v) is 4.84. The third-order valence-electron chi connectivity index (χ3n) is 3.08. The maximum atomic E-state index is 11.2. The largest absolute Gasteiger partial charge is 0.478 e. The molecule has 1 aromatic heterocycles. The minimum Gasteiger partial charge on any atom is -0.478 e. The van der Waals surface area contributed by atoms with E-state index in [1.54, 1.807) is 28.8 Å². The number of aromatic nitrogens is 2. The molecule has 0 unspecified atom stereocenters. The molecule has 1 N–H and O–H groups in total. The molecular formula is C14H7BrCl2N2O2. The van der Waals surface area contributed by atoms with E-state index in [9.17, 15) is 9.90 Å². The van der Waals surface area contributed by atoms with Crippen LogP contribution in [-0.2, 0) is 0 Å². The summed E-state index contributed by atoms with van der Waals surface area (Å²) in [6.07, 6.45) is 1.53. The highest BCUT2D eigenvalue weighted by Gasteiger charge is 2.16. The van der Waals surface area contributed by atoms with Gasteiger partial charge < -0.3 is 5.11 Å². The van der Waals surface area contributed by atoms with E-state index >= 15 is 0 Å². The van der Waals surface area contributed by atoms with Crippen molar-refractivity contribution in [3.8, 4) is 5.69 Å². The molecule has 0 radical (unpaired) electrons. The summed E-state index contributed by atoms with van der Waals surface area (Å²) in [6.45, 7) is 0. The van der Waals surface area contributed by atoms with Crippen LogP contribution in [0, 0.1) is 0 Å². The van der Waals surface area contributed by atoms with Crippen molar-refractivity contribution in [2.45, 2.75) is 0 Å². The molecule has 106 valence electrons. The summed E-state index contributed by atoms with van der Waals surface area (Å²) >= 11 is 15.7. The van der Waals surface area contributed by atoms with Crippen molar-refractivity contribution in [3.63, 3.8) is 0 Å². The molecule has 0 aliphatic rings. The van der Waals surface area contributed by atoms with Gasteiger partial charge in [0.15, 0.2) is 0 Å². The second kappa shape index (κ2) is 5.33. The number of carbonyl (C=O) groups is 1. The van der Waals surface area contributed by atoms with Gasteiger partial charge in [0.25, 0.3) is 0 Å². The number of benzene rings is 2. The number of fused-ring (bicyclic) bond motifs is 1. The smallest absolute Gasteiger partial charge is 0.337 e.